The third-order valence-electron chi connectivity index (χ3n) is 4.39. The predicted octanol–water partition coefficient (Wildman–Crippen LogP) is 5.18. The lowest BCUT2D eigenvalue weighted by atomic mass is 10.2. The maximum atomic E-state index is 12.8. The molecule has 0 aliphatic heterocycles. The summed E-state index contributed by atoms with van der Waals surface area (Å²) in [6.45, 7) is 2.77. The lowest BCUT2D eigenvalue weighted by Crippen LogP contribution is -2.16. The number of aryl methyl sites for hydroxylation is 1. The first-order valence-electron chi connectivity index (χ1n) is 9.29. The van der Waals surface area contributed by atoms with Gasteiger partial charge in [0.15, 0.2) is 0 Å². The Bertz CT molecular complexity index is 1170. The van der Waals surface area contributed by atoms with Crippen molar-refractivity contribution in [1.82, 2.24) is 14.8 Å². The fraction of sp³-hybridized carbons (Fsp3) is 0.136. The summed E-state index contributed by atoms with van der Waals surface area (Å²) >= 11 is 7.82. The van der Waals surface area contributed by atoms with E-state index in [9.17, 15) is 4.79 Å². The van der Waals surface area contributed by atoms with E-state index < -0.39 is 0 Å². The minimum absolute atomic E-state index is 0.245. The molecule has 0 saturated carbocycles. The highest BCUT2D eigenvalue weighted by molar-refractivity contribution is 7.09. The van der Waals surface area contributed by atoms with Crippen LogP contribution in [0.3, 0.4) is 0 Å². The minimum atomic E-state index is -0.245. The number of hydrogen-bond donors (Lipinski definition) is 1. The molecule has 6 nitrogen and oxygen atoms in total. The van der Waals surface area contributed by atoms with Crippen LogP contribution in [-0.2, 0) is 13.2 Å². The van der Waals surface area contributed by atoms with Gasteiger partial charge in [0.2, 0.25) is 0 Å². The van der Waals surface area contributed by atoms with Crippen LogP contribution in [0.5, 0.6) is 5.75 Å². The Kier molecular flexibility index (Phi) is 6.11. The number of hydrogen-bond acceptors (Lipinski definition) is 5. The second-order valence-corrected chi connectivity index (χ2v) is 8.06. The normalized spacial score (nSPS) is 10.7. The molecule has 4 rings (SSSR count). The summed E-state index contributed by atoms with van der Waals surface area (Å²) in [6, 6.07) is 16.4. The summed E-state index contributed by atoms with van der Waals surface area (Å²) in [6.07, 6.45) is 1.64. The Hall–Kier alpha value is -3.16. The summed E-state index contributed by atoms with van der Waals surface area (Å²) in [5.41, 5.74) is 2.29. The number of nitrogens with one attached hydrogen (secondary N) is 1. The van der Waals surface area contributed by atoms with Crippen molar-refractivity contribution in [3.8, 4) is 5.75 Å². The SMILES string of the molecule is Cc1nc(COc2cccc(C(=O)Nc3ccnn3Cc3ccccc3Cl)c2)cs1. The monoisotopic (exact) mass is 438 g/mol. The van der Waals surface area contributed by atoms with Crippen molar-refractivity contribution in [1.29, 1.82) is 0 Å². The average molecular weight is 439 g/mol. The highest BCUT2D eigenvalue weighted by Gasteiger charge is 2.12. The van der Waals surface area contributed by atoms with E-state index in [1.165, 1.54) is 0 Å². The molecule has 1 amide bonds. The van der Waals surface area contributed by atoms with Crippen LogP contribution in [-0.4, -0.2) is 20.7 Å². The molecule has 0 aliphatic carbocycles. The van der Waals surface area contributed by atoms with Crippen LogP contribution in [0.1, 0.15) is 26.6 Å². The van der Waals surface area contributed by atoms with Gasteiger partial charge < -0.3 is 10.1 Å². The minimum Gasteiger partial charge on any atom is -0.487 e. The van der Waals surface area contributed by atoms with Gasteiger partial charge in [-0.25, -0.2) is 9.67 Å². The zero-order valence-electron chi connectivity index (χ0n) is 16.2. The molecule has 0 radical (unpaired) electrons. The van der Waals surface area contributed by atoms with Crippen molar-refractivity contribution in [2.75, 3.05) is 5.32 Å². The Morgan fingerprint density at radius 1 is 1.20 bits per heavy atom. The van der Waals surface area contributed by atoms with Crippen molar-refractivity contribution in [2.24, 2.45) is 0 Å². The summed E-state index contributed by atoms with van der Waals surface area (Å²) in [7, 11) is 0. The van der Waals surface area contributed by atoms with Gasteiger partial charge in [0.1, 0.15) is 18.2 Å². The van der Waals surface area contributed by atoms with Gasteiger partial charge in [-0.3, -0.25) is 4.79 Å². The largest absolute Gasteiger partial charge is 0.487 e. The first-order chi connectivity index (χ1) is 14.6. The predicted molar refractivity (Wildman–Crippen MR) is 118 cm³/mol. The van der Waals surface area contributed by atoms with Gasteiger partial charge in [-0.15, -0.1) is 11.3 Å². The first kappa shape index (κ1) is 20.1. The molecule has 0 bridgehead atoms. The molecular weight excluding hydrogens is 420 g/mol. The van der Waals surface area contributed by atoms with Crippen molar-refractivity contribution in [2.45, 2.75) is 20.1 Å². The van der Waals surface area contributed by atoms with Crippen LogP contribution in [0.2, 0.25) is 5.02 Å². The molecule has 2 aromatic heterocycles. The molecule has 30 heavy (non-hydrogen) atoms. The number of benzene rings is 2. The smallest absolute Gasteiger partial charge is 0.256 e. The third kappa shape index (κ3) is 4.87. The van der Waals surface area contributed by atoms with E-state index in [0.717, 1.165) is 16.3 Å². The van der Waals surface area contributed by atoms with Crippen molar-refractivity contribution in [3.05, 3.63) is 93.0 Å². The molecule has 0 atom stereocenters. The standard InChI is InChI=1S/C22H19ClN4O2S/c1-15-25-18(14-30-15)13-29-19-7-4-6-16(11-19)22(28)26-21-9-10-24-27(21)12-17-5-2-3-8-20(17)23/h2-11,14H,12-13H2,1H3,(H,26,28). The number of thiazole rings is 1. The molecule has 0 aliphatic rings. The zero-order chi connectivity index (χ0) is 20.9. The second-order valence-electron chi connectivity index (χ2n) is 6.59. The van der Waals surface area contributed by atoms with Crippen LogP contribution in [0.15, 0.2) is 66.2 Å². The summed E-state index contributed by atoms with van der Waals surface area (Å²) in [5, 5.41) is 10.8. The van der Waals surface area contributed by atoms with Crippen LogP contribution in [0.25, 0.3) is 0 Å². The van der Waals surface area contributed by atoms with E-state index in [2.05, 4.69) is 15.4 Å². The van der Waals surface area contributed by atoms with E-state index in [1.807, 2.05) is 42.6 Å². The van der Waals surface area contributed by atoms with E-state index >= 15 is 0 Å². The highest BCUT2D eigenvalue weighted by Crippen LogP contribution is 2.20. The molecule has 152 valence electrons. The second kappa shape index (κ2) is 9.11. The molecule has 1 N–H and O–H groups in total. The molecule has 2 aromatic carbocycles. The Labute approximate surface area is 183 Å². The number of anilines is 1. The molecule has 4 aromatic rings. The van der Waals surface area contributed by atoms with Crippen LogP contribution in [0.4, 0.5) is 5.82 Å². The van der Waals surface area contributed by atoms with Gasteiger partial charge in [-0.05, 0) is 36.8 Å². The Morgan fingerprint density at radius 2 is 2.07 bits per heavy atom. The van der Waals surface area contributed by atoms with Crippen molar-refractivity contribution < 1.29 is 9.53 Å². The summed E-state index contributed by atoms with van der Waals surface area (Å²) in [5.74, 6) is 0.952. The Balaban J connectivity index is 1.43. The number of nitrogens with zero attached hydrogens (tertiary/aromatic N) is 3. The molecule has 0 unspecified atom stereocenters. The third-order valence-corrected chi connectivity index (χ3v) is 5.58. The number of amides is 1. The topological polar surface area (TPSA) is 69.0 Å². The number of carbonyl (C=O) groups is 1. The van der Waals surface area contributed by atoms with E-state index in [1.54, 1.807) is 46.5 Å². The lowest BCUT2D eigenvalue weighted by molar-refractivity contribution is 0.102. The molecule has 0 saturated heterocycles. The van der Waals surface area contributed by atoms with Gasteiger partial charge in [0.25, 0.3) is 5.91 Å². The van der Waals surface area contributed by atoms with E-state index in [0.29, 0.717) is 35.3 Å². The van der Waals surface area contributed by atoms with Crippen LogP contribution < -0.4 is 10.1 Å². The first-order valence-corrected chi connectivity index (χ1v) is 10.5. The van der Waals surface area contributed by atoms with Crippen LogP contribution in [0, 0.1) is 6.92 Å². The van der Waals surface area contributed by atoms with Crippen LogP contribution >= 0.6 is 22.9 Å². The number of halogens is 1. The number of carbonyl (C=O) groups excluding carboxylic acids is 1. The van der Waals surface area contributed by atoms with Gasteiger partial charge in [-0.2, -0.15) is 5.10 Å². The zero-order valence-corrected chi connectivity index (χ0v) is 17.8. The maximum Gasteiger partial charge on any atom is 0.256 e. The Morgan fingerprint density at radius 3 is 2.87 bits per heavy atom. The quantitative estimate of drug-likeness (QED) is 0.431. The maximum absolute atomic E-state index is 12.8. The van der Waals surface area contributed by atoms with E-state index in [4.69, 9.17) is 16.3 Å². The van der Waals surface area contributed by atoms with Gasteiger partial charge in [0, 0.05) is 22.0 Å². The number of ether oxygens (including phenoxy) is 1. The highest BCUT2D eigenvalue weighted by atomic mass is 35.5. The number of aromatic nitrogens is 3. The van der Waals surface area contributed by atoms with E-state index in [-0.39, 0.29) is 5.91 Å². The molecule has 0 spiro atoms. The summed E-state index contributed by atoms with van der Waals surface area (Å²) < 4.78 is 7.48. The molecule has 8 heteroatoms. The fourth-order valence-corrected chi connectivity index (χ4v) is 3.69. The molecule has 2 heterocycles. The average Bonchev–Trinajstić information content (AvgIpc) is 3.37. The van der Waals surface area contributed by atoms with Gasteiger partial charge >= 0.3 is 0 Å². The number of rotatable bonds is 7. The van der Waals surface area contributed by atoms with Crippen molar-refractivity contribution >= 4 is 34.7 Å². The fourth-order valence-electron chi connectivity index (χ4n) is 2.90. The van der Waals surface area contributed by atoms with Gasteiger partial charge in [-0.1, -0.05) is 35.9 Å². The van der Waals surface area contributed by atoms with Gasteiger partial charge in [0.05, 0.1) is 23.4 Å². The molecule has 0 fully saturated rings. The summed E-state index contributed by atoms with van der Waals surface area (Å²) in [4.78, 5) is 17.1. The van der Waals surface area contributed by atoms with Crippen molar-refractivity contribution in [3.63, 3.8) is 0 Å². The molecular formula is C22H19ClN4O2S. The lowest BCUT2D eigenvalue weighted by Gasteiger charge is -2.11.